The van der Waals surface area contributed by atoms with Crippen LogP contribution in [-0.2, 0) is 0 Å². The Labute approximate surface area is 113 Å². The van der Waals surface area contributed by atoms with E-state index in [0.717, 1.165) is 23.4 Å². The van der Waals surface area contributed by atoms with E-state index in [2.05, 4.69) is 51.8 Å². The minimum atomic E-state index is 0.589. The summed E-state index contributed by atoms with van der Waals surface area (Å²) >= 11 is 3.43. The molecule has 0 aromatic carbocycles. The lowest BCUT2D eigenvalue weighted by atomic mass is 9.74. The fraction of sp³-hybridized carbons (Fsp3) is 0.643. The normalized spacial score (nSPS) is 19.4. The van der Waals surface area contributed by atoms with Crippen LogP contribution < -0.4 is 4.90 Å². The summed E-state index contributed by atoms with van der Waals surface area (Å²) in [4.78, 5) is 6.89. The van der Waals surface area contributed by atoms with Crippen molar-refractivity contribution < 1.29 is 0 Å². The maximum atomic E-state index is 4.48. The molecule has 0 radical (unpaired) electrons. The first-order chi connectivity index (χ1) is 8.19. The molecule has 1 saturated heterocycles. The third-order valence-electron chi connectivity index (χ3n) is 4.36. The number of anilines is 1. The minimum Gasteiger partial charge on any atom is -0.357 e. The Kier molecular flexibility index (Phi) is 4.08. The molecule has 1 aromatic rings. The molecule has 3 heteroatoms. The molecule has 0 amide bonds. The van der Waals surface area contributed by atoms with Gasteiger partial charge in [0.1, 0.15) is 5.82 Å². The smallest absolute Gasteiger partial charge is 0.128 e. The van der Waals surface area contributed by atoms with E-state index in [9.17, 15) is 0 Å². The maximum absolute atomic E-state index is 4.48. The van der Waals surface area contributed by atoms with Crippen LogP contribution in [0.4, 0.5) is 5.82 Å². The summed E-state index contributed by atoms with van der Waals surface area (Å²) in [6.45, 7) is 6.96. The van der Waals surface area contributed by atoms with Crippen LogP contribution in [0.15, 0.2) is 22.8 Å². The molecule has 2 nitrogen and oxygen atoms in total. The van der Waals surface area contributed by atoms with E-state index in [1.165, 1.54) is 25.7 Å². The number of piperidine rings is 1. The number of pyridine rings is 1. The molecule has 0 saturated carbocycles. The van der Waals surface area contributed by atoms with Gasteiger partial charge >= 0.3 is 0 Å². The predicted molar refractivity (Wildman–Crippen MR) is 76.4 cm³/mol. The highest BCUT2D eigenvalue weighted by atomic mass is 79.9. The van der Waals surface area contributed by atoms with E-state index < -0.39 is 0 Å². The van der Waals surface area contributed by atoms with Gasteiger partial charge in [0, 0.05) is 23.8 Å². The Morgan fingerprint density at radius 2 is 1.88 bits per heavy atom. The van der Waals surface area contributed by atoms with Crippen LogP contribution in [0.3, 0.4) is 0 Å². The van der Waals surface area contributed by atoms with Crippen LogP contribution in [0, 0.1) is 5.41 Å². The number of nitrogens with zero attached hydrogens (tertiary/aromatic N) is 2. The molecule has 94 valence electrons. The van der Waals surface area contributed by atoms with Crippen LogP contribution in [-0.4, -0.2) is 18.1 Å². The van der Waals surface area contributed by atoms with Gasteiger partial charge in [-0.1, -0.05) is 26.7 Å². The van der Waals surface area contributed by atoms with Gasteiger partial charge in [0.25, 0.3) is 0 Å². The van der Waals surface area contributed by atoms with Crippen molar-refractivity contribution in [1.29, 1.82) is 0 Å². The van der Waals surface area contributed by atoms with Gasteiger partial charge in [-0.3, -0.25) is 0 Å². The molecule has 0 atom stereocenters. The number of halogens is 1. The molecule has 17 heavy (non-hydrogen) atoms. The summed E-state index contributed by atoms with van der Waals surface area (Å²) in [5.74, 6) is 1.12. The summed E-state index contributed by atoms with van der Waals surface area (Å²) in [6, 6.07) is 4.18. The standard InChI is InChI=1S/C14H21BrN2/c1-3-14(4-2)7-9-17(10-8-14)13-6-5-12(15)11-16-13/h5-6,11H,3-4,7-10H2,1-2H3. The van der Waals surface area contributed by atoms with Crippen molar-refractivity contribution in [3.8, 4) is 0 Å². The van der Waals surface area contributed by atoms with Crippen LogP contribution in [0.25, 0.3) is 0 Å². The molecule has 2 heterocycles. The highest BCUT2D eigenvalue weighted by Gasteiger charge is 2.31. The molecule has 0 aliphatic carbocycles. The Balaban J connectivity index is 2.01. The SMILES string of the molecule is CCC1(CC)CCN(c2ccc(Br)cn2)CC1. The van der Waals surface area contributed by atoms with Crippen LogP contribution >= 0.6 is 15.9 Å². The Hall–Kier alpha value is -0.570. The highest BCUT2D eigenvalue weighted by molar-refractivity contribution is 9.10. The highest BCUT2D eigenvalue weighted by Crippen LogP contribution is 2.38. The largest absolute Gasteiger partial charge is 0.357 e. The second-order valence-electron chi connectivity index (χ2n) is 5.03. The van der Waals surface area contributed by atoms with Crippen molar-refractivity contribution in [1.82, 2.24) is 4.98 Å². The van der Waals surface area contributed by atoms with Gasteiger partial charge in [0.2, 0.25) is 0 Å². The molecule has 0 bridgehead atoms. The van der Waals surface area contributed by atoms with Crippen LogP contribution in [0.1, 0.15) is 39.5 Å². The Bertz CT molecular complexity index is 347. The fourth-order valence-corrected chi connectivity index (χ4v) is 2.96. The molecule has 1 aromatic heterocycles. The fourth-order valence-electron chi connectivity index (χ4n) is 2.72. The molecule has 0 N–H and O–H groups in total. The van der Waals surface area contributed by atoms with Crippen molar-refractivity contribution >= 4 is 21.7 Å². The molecule has 2 rings (SSSR count). The van der Waals surface area contributed by atoms with Crippen LogP contribution in [0.2, 0.25) is 0 Å². The summed E-state index contributed by atoms with van der Waals surface area (Å²) < 4.78 is 1.05. The third kappa shape index (κ3) is 2.82. The summed E-state index contributed by atoms with van der Waals surface area (Å²) in [7, 11) is 0. The van der Waals surface area contributed by atoms with E-state index in [-0.39, 0.29) is 0 Å². The van der Waals surface area contributed by atoms with Crippen molar-refractivity contribution in [3.63, 3.8) is 0 Å². The molecular formula is C14H21BrN2. The summed E-state index contributed by atoms with van der Waals surface area (Å²) in [5.41, 5.74) is 0.589. The van der Waals surface area contributed by atoms with Gasteiger partial charge in [-0.15, -0.1) is 0 Å². The molecule has 0 spiro atoms. The lowest BCUT2D eigenvalue weighted by molar-refractivity contribution is 0.199. The predicted octanol–water partition coefficient (Wildman–Crippen LogP) is 4.25. The summed E-state index contributed by atoms with van der Waals surface area (Å²) in [5, 5.41) is 0. The monoisotopic (exact) mass is 296 g/mol. The van der Waals surface area contributed by atoms with E-state index in [4.69, 9.17) is 0 Å². The zero-order valence-corrected chi connectivity index (χ0v) is 12.3. The quantitative estimate of drug-likeness (QED) is 0.829. The molecular weight excluding hydrogens is 276 g/mol. The topological polar surface area (TPSA) is 16.1 Å². The average molecular weight is 297 g/mol. The Morgan fingerprint density at radius 3 is 2.35 bits per heavy atom. The zero-order chi connectivity index (χ0) is 12.3. The van der Waals surface area contributed by atoms with Gasteiger partial charge < -0.3 is 4.90 Å². The van der Waals surface area contributed by atoms with E-state index >= 15 is 0 Å². The van der Waals surface area contributed by atoms with Crippen molar-refractivity contribution in [2.45, 2.75) is 39.5 Å². The maximum Gasteiger partial charge on any atom is 0.128 e. The number of aromatic nitrogens is 1. The lowest BCUT2D eigenvalue weighted by Crippen LogP contribution is -2.40. The van der Waals surface area contributed by atoms with Crippen LogP contribution in [0.5, 0.6) is 0 Å². The first-order valence-corrected chi connectivity index (χ1v) is 7.35. The van der Waals surface area contributed by atoms with E-state index in [1.54, 1.807) is 0 Å². The van der Waals surface area contributed by atoms with Crippen molar-refractivity contribution in [2.75, 3.05) is 18.0 Å². The van der Waals surface area contributed by atoms with Gasteiger partial charge in [0.05, 0.1) is 0 Å². The van der Waals surface area contributed by atoms with E-state index in [0.29, 0.717) is 5.41 Å². The number of rotatable bonds is 3. The molecule has 1 fully saturated rings. The number of hydrogen-bond donors (Lipinski definition) is 0. The molecule has 1 aliphatic heterocycles. The first kappa shape index (κ1) is 12.9. The second kappa shape index (κ2) is 5.38. The summed E-state index contributed by atoms with van der Waals surface area (Å²) in [6.07, 6.45) is 7.11. The van der Waals surface area contributed by atoms with Gasteiger partial charge in [-0.05, 0) is 46.3 Å². The minimum absolute atomic E-state index is 0.589. The third-order valence-corrected chi connectivity index (χ3v) is 4.83. The lowest BCUT2D eigenvalue weighted by Gasteiger charge is -2.41. The van der Waals surface area contributed by atoms with Gasteiger partial charge in [0.15, 0.2) is 0 Å². The van der Waals surface area contributed by atoms with Gasteiger partial charge in [-0.2, -0.15) is 0 Å². The molecule has 0 unspecified atom stereocenters. The van der Waals surface area contributed by atoms with Crippen molar-refractivity contribution in [3.05, 3.63) is 22.8 Å². The number of hydrogen-bond acceptors (Lipinski definition) is 2. The first-order valence-electron chi connectivity index (χ1n) is 6.55. The second-order valence-corrected chi connectivity index (χ2v) is 5.94. The Morgan fingerprint density at radius 1 is 1.24 bits per heavy atom. The molecule has 1 aliphatic rings. The van der Waals surface area contributed by atoms with Crippen molar-refractivity contribution in [2.24, 2.45) is 5.41 Å². The average Bonchev–Trinajstić information content (AvgIpc) is 2.40. The zero-order valence-electron chi connectivity index (χ0n) is 10.7. The van der Waals surface area contributed by atoms with Gasteiger partial charge in [-0.25, -0.2) is 4.98 Å². The van der Waals surface area contributed by atoms with E-state index in [1.807, 2.05) is 6.20 Å².